The Kier molecular flexibility index (Phi) is 3.47. The lowest BCUT2D eigenvalue weighted by molar-refractivity contribution is 0.218. The summed E-state index contributed by atoms with van der Waals surface area (Å²) in [5.74, 6) is 0.648. The number of hydrogen-bond acceptors (Lipinski definition) is 3. The van der Waals surface area contributed by atoms with Crippen LogP contribution in [0.2, 0.25) is 0 Å². The van der Waals surface area contributed by atoms with E-state index in [-0.39, 0.29) is 5.54 Å². The van der Waals surface area contributed by atoms with Gasteiger partial charge in [-0.05, 0) is 31.9 Å². The Bertz CT molecular complexity index is 297. The fourth-order valence-corrected chi connectivity index (χ4v) is 0.928. The molecule has 0 aliphatic heterocycles. The molecule has 1 aromatic heterocycles. The average Bonchev–Trinajstić information content (AvgIpc) is 2.15. The zero-order valence-corrected chi connectivity index (χ0v) is 9.08. The minimum Gasteiger partial charge on any atom is -0.476 e. The average molecular weight is 194 g/mol. The molecule has 0 aromatic carbocycles. The van der Waals surface area contributed by atoms with Gasteiger partial charge in [-0.3, -0.25) is 0 Å². The van der Waals surface area contributed by atoms with Gasteiger partial charge < -0.3 is 10.5 Å². The summed E-state index contributed by atoms with van der Waals surface area (Å²) in [6.45, 7) is 6.53. The minimum atomic E-state index is -0.272. The molecule has 0 spiro atoms. The van der Waals surface area contributed by atoms with Crippen molar-refractivity contribution in [2.75, 3.05) is 6.61 Å². The highest BCUT2D eigenvalue weighted by Gasteiger charge is 2.16. The molecule has 0 bridgehead atoms. The number of aryl methyl sites for hydroxylation is 1. The van der Waals surface area contributed by atoms with Crippen LogP contribution in [0.15, 0.2) is 18.3 Å². The van der Waals surface area contributed by atoms with Gasteiger partial charge in [0.25, 0.3) is 0 Å². The third-order valence-electron chi connectivity index (χ3n) is 2.25. The molecule has 0 aliphatic carbocycles. The van der Waals surface area contributed by atoms with Crippen LogP contribution in [0.25, 0.3) is 0 Å². The van der Waals surface area contributed by atoms with Crippen molar-refractivity contribution in [3.8, 4) is 5.88 Å². The van der Waals surface area contributed by atoms with E-state index >= 15 is 0 Å². The first-order chi connectivity index (χ1) is 6.53. The standard InChI is InChI=1S/C11H18N2O/c1-4-11(3,12)8-14-10-7-9(2)5-6-13-10/h5-7H,4,8,12H2,1-3H3. The normalized spacial score (nSPS) is 14.9. The van der Waals surface area contributed by atoms with Gasteiger partial charge >= 0.3 is 0 Å². The van der Waals surface area contributed by atoms with Gasteiger partial charge in [0.2, 0.25) is 5.88 Å². The largest absolute Gasteiger partial charge is 0.476 e. The van der Waals surface area contributed by atoms with Crippen molar-refractivity contribution in [1.29, 1.82) is 0 Å². The van der Waals surface area contributed by atoms with Crippen LogP contribution in [0.4, 0.5) is 0 Å². The Hall–Kier alpha value is -1.09. The van der Waals surface area contributed by atoms with E-state index in [9.17, 15) is 0 Å². The van der Waals surface area contributed by atoms with Crippen molar-refractivity contribution < 1.29 is 4.74 Å². The van der Waals surface area contributed by atoms with Gasteiger partial charge in [0.15, 0.2) is 0 Å². The van der Waals surface area contributed by atoms with Gasteiger partial charge in [-0.2, -0.15) is 0 Å². The highest BCUT2D eigenvalue weighted by molar-refractivity contribution is 5.18. The predicted molar refractivity (Wildman–Crippen MR) is 57.4 cm³/mol. The predicted octanol–water partition coefficient (Wildman–Crippen LogP) is 1.90. The van der Waals surface area contributed by atoms with Gasteiger partial charge in [-0.25, -0.2) is 4.98 Å². The van der Waals surface area contributed by atoms with Crippen molar-refractivity contribution in [2.24, 2.45) is 5.73 Å². The molecule has 0 saturated heterocycles. The zero-order valence-electron chi connectivity index (χ0n) is 9.08. The van der Waals surface area contributed by atoms with Crippen molar-refractivity contribution in [3.05, 3.63) is 23.9 Å². The second-order valence-corrected chi connectivity index (χ2v) is 3.97. The molecule has 14 heavy (non-hydrogen) atoms. The molecule has 0 radical (unpaired) electrons. The zero-order chi connectivity index (χ0) is 10.6. The molecule has 0 aliphatic rings. The first-order valence-electron chi connectivity index (χ1n) is 4.88. The number of pyridine rings is 1. The van der Waals surface area contributed by atoms with Crippen molar-refractivity contribution in [3.63, 3.8) is 0 Å². The van der Waals surface area contributed by atoms with E-state index in [1.54, 1.807) is 6.20 Å². The van der Waals surface area contributed by atoms with E-state index in [1.807, 2.05) is 32.9 Å². The topological polar surface area (TPSA) is 48.1 Å². The Balaban J connectivity index is 2.54. The van der Waals surface area contributed by atoms with Gasteiger partial charge in [-0.15, -0.1) is 0 Å². The molecule has 0 saturated carbocycles. The smallest absolute Gasteiger partial charge is 0.213 e. The van der Waals surface area contributed by atoms with Crippen LogP contribution in [0, 0.1) is 6.92 Å². The molecular formula is C11H18N2O. The first-order valence-corrected chi connectivity index (χ1v) is 4.88. The summed E-state index contributed by atoms with van der Waals surface area (Å²) < 4.78 is 5.51. The summed E-state index contributed by atoms with van der Waals surface area (Å²) in [6.07, 6.45) is 2.63. The van der Waals surface area contributed by atoms with Crippen LogP contribution >= 0.6 is 0 Å². The molecule has 1 aromatic rings. The molecule has 1 rings (SSSR count). The number of aromatic nitrogens is 1. The van der Waals surface area contributed by atoms with E-state index in [2.05, 4.69) is 4.98 Å². The van der Waals surface area contributed by atoms with E-state index in [0.29, 0.717) is 12.5 Å². The Morgan fingerprint density at radius 1 is 1.57 bits per heavy atom. The van der Waals surface area contributed by atoms with Crippen molar-refractivity contribution in [2.45, 2.75) is 32.7 Å². The third kappa shape index (κ3) is 3.34. The van der Waals surface area contributed by atoms with Gasteiger partial charge in [0.05, 0.1) is 0 Å². The molecule has 2 N–H and O–H groups in total. The maximum absolute atomic E-state index is 5.95. The molecule has 1 unspecified atom stereocenters. The lowest BCUT2D eigenvalue weighted by Crippen LogP contribution is -2.41. The summed E-state index contributed by atoms with van der Waals surface area (Å²) in [5.41, 5.74) is 6.82. The third-order valence-corrected chi connectivity index (χ3v) is 2.25. The Labute approximate surface area is 85.3 Å². The molecule has 0 amide bonds. The number of rotatable bonds is 4. The maximum atomic E-state index is 5.95. The monoisotopic (exact) mass is 194 g/mol. The molecule has 0 fully saturated rings. The maximum Gasteiger partial charge on any atom is 0.213 e. The van der Waals surface area contributed by atoms with Crippen LogP contribution < -0.4 is 10.5 Å². The summed E-state index contributed by atoms with van der Waals surface area (Å²) in [5, 5.41) is 0. The summed E-state index contributed by atoms with van der Waals surface area (Å²) in [6, 6.07) is 3.85. The van der Waals surface area contributed by atoms with Gasteiger partial charge in [-0.1, -0.05) is 6.92 Å². The second kappa shape index (κ2) is 4.42. The Morgan fingerprint density at radius 3 is 2.86 bits per heavy atom. The van der Waals surface area contributed by atoms with E-state index < -0.39 is 0 Å². The fraction of sp³-hybridized carbons (Fsp3) is 0.545. The SMILES string of the molecule is CCC(C)(N)COc1cc(C)ccn1. The van der Waals surface area contributed by atoms with E-state index in [0.717, 1.165) is 12.0 Å². The van der Waals surface area contributed by atoms with Crippen molar-refractivity contribution >= 4 is 0 Å². The Morgan fingerprint density at radius 2 is 2.29 bits per heavy atom. The summed E-state index contributed by atoms with van der Waals surface area (Å²) in [7, 11) is 0. The van der Waals surface area contributed by atoms with Crippen LogP contribution in [0.5, 0.6) is 5.88 Å². The summed E-state index contributed by atoms with van der Waals surface area (Å²) >= 11 is 0. The highest BCUT2D eigenvalue weighted by Crippen LogP contribution is 2.11. The van der Waals surface area contributed by atoms with Crippen LogP contribution in [-0.2, 0) is 0 Å². The van der Waals surface area contributed by atoms with Crippen molar-refractivity contribution in [1.82, 2.24) is 4.98 Å². The lowest BCUT2D eigenvalue weighted by Gasteiger charge is -2.22. The quantitative estimate of drug-likeness (QED) is 0.796. The minimum absolute atomic E-state index is 0.272. The lowest BCUT2D eigenvalue weighted by atomic mass is 10.0. The molecule has 1 heterocycles. The number of nitrogens with two attached hydrogens (primary N) is 1. The summed E-state index contributed by atoms with van der Waals surface area (Å²) in [4.78, 5) is 4.10. The van der Waals surface area contributed by atoms with Crippen LogP contribution in [0.3, 0.4) is 0 Å². The van der Waals surface area contributed by atoms with Gasteiger partial charge in [0.1, 0.15) is 6.61 Å². The molecule has 78 valence electrons. The highest BCUT2D eigenvalue weighted by atomic mass is 16.5. The molecule has 3 heteroatoms. The number of ether oxygens (including phenoxy) is 1. The molecular weight excluding hydrogens is 176 g/mol. The first kappa shape index (κ1) is 11.0. The van der Waals surface area contributed by atoms with E-state index in [1.165, 1.54) is 0 Å². The van der Waals surface area contributed by atoms with Gasteiger partial charge in [0, 0.05) is 17.8 Å². The number of hydrogen-bond donors (Lipinski definition) is 1. The fourth-order valence-electron chi connectivity index (χ4n) is 0.928. The second-order valence-electron chi connectivity index (χ2n) is 3.97. The molecule has 3 nitrogen and oxygen atoms in total. The van der Waals surface area contributed by atoms with Crippen LogP contribution in [0.1, 0.15) is 25.8 Å². The van der Waals surface area contributed by atoms with Crippen LogP contribution in [-0.4, -0.2) is 17.1 Å². The van der Waals surface area contributed by atoms with E-state index in [4.69, 9.17) is 10.5 Å². The molecule has 1 atom stereocenters. The number of nitrogens with zero attached hydrogens (tertiary/aromatic N) is 1.